The van der Waals surface area contributed by atoms with E-state index in [9.17, 15) is 19.5 Å². The number of hydrogen-bond donors (Lipinski definition) is 2. The molecule has 2 heterocycles. The number of aryl methyl sites for hydroxylation is 1. The Morgan fingerprint density at radius 2 is 2.08 bits per heavy atom. The minimum absolute atomic E-state index is 0.0177. The SMILES string of the molecule is COCCN(C)C[C@@H]1CN(C(=O)c2cn(C)c(=O)[nH]c2=O)C[C@@H]1CO. The third-order valence-corrected chi connectivity index (χ3v) is 4.66. The van der Waals surface area contributed by atoms with Crippen molar-refractivity contribution >= 4 is 5.91 Å². The number of hydrogen-bond acceptors (Lipinski definition) is 6. The largest absolute Gasteiger partial charge is 0.396 e. The first-order chi connectivity index (χ1) is 11.9. The molecule has 9 heteroatoms. The Morgan fingerprint density at radius 1 is 1.40 bits per heavy atom. The van der Waals surface area contributed by atoms with E-state index in [2.05, 4.69) is 9.88 Å². The van der Waals surface area contributed by atoms with E-state index in [1.54, 1.807) is 12.0 Å². The van der Waals surface area contributed by atoms with Gasteiger partial charge < -0.3 is 24.2 Å². The lowest BCUT2D eigenvalue weighted by atomic mass is 9.96. The van der Waals surface area contributed by atoms with Gasteiger partial charge in [0.05, 0.1) is 6.61 Å². The van der Waals surface area contributed by atoms with Gasteiger partial charge in [0.15, 0.2) is 0 Å². The van der Waals surface area contributed by atoms with E-state index in [-0.39, 0.29) is 24.0 Å². The van der Waals surface area contributed by atoms with E-state index in [0.29, 0.717) is 19.7 Å². The summed E-state index contributed by atoms with van der Waals surface area (Å²) in [4.78, 5) is 41.8. The van der Waals surface area contributed by atoms with Crippen LogP contribution in [0.5, 0.6) is 0 Å². The molecule has 9 nitrogen and oxygen atoms in total. The second-order valence-corrected chi connectivity index (χ2v) is 6.58. The van der Waals surface area contributed by atoms with Crippen LogP contribution < -0.4 is 11.2 Å². The van der Waals surface area contributed by atoms with E-state index < -0.39 is 17.2 Å². The lowest BCUT2D eigenvalue weighted by Crippen LogP contribution is -2.38. The zero-order valence-corrected chi connectivity index (χ0v) is 14.9. The predicted molar refractivity (Wildman–Crippen MR) is 91.6 cm³/mol. The first-order valence-electron chi connectivity index (χ1n) is 8.25. The van der Waals surface area contributed by atoms with Gasteiger partial charge in [-0.3, -0.25) is 14.6 Å². The molecule has 0 radical (unpaired) electrons. The van der Waals surface area contributed by atoms with Crippen LogP contribution in [0.3, 0.4) is 0 Å². The maximum absolute atomic E-state index is 12.7. The van der Waals surface area contributed by atoms with Crippen molar-refractivity contribution in [2.45, 2.75) is 0 Å². The maximum Gasteiger partial charge on any atom is 0.328 e. The van der Waals surface area contributed by atoms with Crippen LogP contribution >= 0.6 is 0 Å². The van der Waals surface area contributed by atoms with Crippen LogP contribution in [-0.4, -0.2) is 83.9 Å². The van der Waals surface area contributed by atoms with Gasteiger partial charge in [-0.2, -0.15) is 0 Å². The lowest BCUT2D eigenvalue weighted by molar-refractivity contribution is 0.0775. The van der Waals surface area contributed by atoms with Gasteiger partial charge in [-0.1, -0.05) is 0 Å². The first kappa shape index (κ1) is 19.4. The number of nitrogens with one attached hydrogen (secondary N) is 1. The van der Waals surface area contributed by atoms with Gasteiger partial charge in [0.1, 0.15) is 5.56 Å². The topological polar surface area (TPSA) is 108 Å². The number of likely N-dealkylation sites (N-methyl/N-ethyl adjacent to an activating group) is 1. The summed E-state index contributed by atoms with van der Waals surface area (Å²) >= 11 is 0. The van der Waals surface area contributed by atoms with Gasteiger partial charge in [-0.15, -0.1) is 0 Å². The predicted octanol–water partition coefficient (Wildman–Crippen LogP) is -1.67. The number of amides is 1. The number of aromatic amines is 1. The van der Waals surface area contributed by atoms with Crippen molar-refractivity contribution in [3.63, 3.8) is 0 Å². The van der Waals surface area contributed by atoms with Crippen molar-refractivity contribution in [1.82, 2.24) is 19.4 Å². The number of rotatable bonds is 7. The standard InChI is InChI=1S/C16H26N4O5/c1-18(4-5-25-3)6-11-7-20(8-12(11)10-21)15(23)13-9-19(2)16(24)17-14(13)22/h9,11-12,21H,4-8,10H2,1-3H3,(H,17,22,24)/t11-,12-/m1/s1. The van der Waals surface area contributed by atoms with Crippen LogP contribution in [0.4, 0.5) is 0 Å². The number of aromatic nitrogens is 2. The van der Waals surface area contributed by atoms with Crippen molar-refractivity contribution in [2.24, 2.45) is 18.9 Å². The summed E-state index contributed by atoms with van der Waals surface area (Å²) in [7, 11) is 5.09. The molecule has 0 saturated carbocycles. The fraction of sp³-hybridized carbons (Fsp3) is 0.688. The Kier molecular flexibility index (Phi) is 6.51. The first-order valence-corrected chi connectivity index (χ1v) is 8.25. The van der Waals surface area contributed by atoms with E-state index in [4.69, 9.17) is 4.74 Å². The Hall–Kier alpha value is -1.97. The summed E-state index contributed by atoms with van der Waals surface area (Å²) in [6.07, 6.45) is 1.26. The minimum atomic E-state index is -0.686. The van der Waals surface area contributed by atoms with Gasteiger partial charge >= 0.3 is 5.69 Å². The minimum Gasteiger partial charge on any atom is -0.396 e. The van der Waals surface area contributed by atoms with Crippen molar-refractivity contribution in [3.8, 4) is 0 Å². The smallest absolute Gasteiger partial charge is 0.328 e. The molecule has 1 amide bonds. The van der Waals surface area contributed by atoms with E-state index in [1.807, 2.05) is 7.05 Å². The van der Waals surface area contributed by atoms with Gasteiger partial charge in [0.2, 0.25) is 0 Å². The number of nitrogens with zero attached hydrogens (tertiary/aromatic N) is 3. The van der Waals surface area contributed by atoms with Crippen molar-refractivity contribution < 1.29 is 14.6 Å². The molecule has 1 aromatic heterocycles. The molecular weight excluding hydrogens is 328 g/mol. The number of ether oxygens (including phenoxy) is 1. The molecule has 140 valence electrons. The zero-order chi connectivity index (χ0) is 18.6. The molecule has 25 heavy (non-hydrogen) atoms. The highest BCUT2D eigenvalue weighted by Gasteiger charge is 2.36. The second kappa shape index (κ2) is 8.41. The summed E-state index contributed by atoms with van der Waals surface area (Å²) in [6.45, 7) is 2.94. The Balaban J connectivity index is 2.10. The van der Waals surface area contributed by atoms with Crippen molar-refractivity contribution in [1.29, 1.82) is 0 Å². The number of aliphatic hydroxyl groups excluding tert-OH is 1. The van der Waals surface area contributed by atoms with Gasteiger partial charge in [-0.05, 0) is 13.0 Å². The quantitative estimate of drug-likeness (QED) is 0.606. The number of methoxy groups -OCH3 is 1. The fourth-order valence-corrected chi connectivity index (χ4v) is 3.14. The van der Waals surface area contributed by atoms with Crippen LogP contribution in [0.15, 0.2) is 15.8 Å². The summed E-state index contributed by atoms with van der Waals surface area (Å²) in [5.41, 5.74) is -1.31. The molecule has 1 aromatic rings. The Bertz CT molecular complexity index is 713. The number of aliphatic hydroxyl groups is 1. The average Bonchev–Trinajstić information content (AvgIpc) is 2.98. The molecular formula is C16H26N4O5. The molecule has 1 saturated heterocycles. The summed E-state index contributed by atoms with van der Waals surface area (Å²) in [5.74, 6) is -0.347. The number of carbonyl (C=O) groups is 1. The van der Waals surface area contributed by atoms with Crippen LogP contribution in [0.25, 0.3) is 0 Å². The maximum atomic E-state index is 12.7. The third-order valence-electron chi connectivity index (χ3n) is 4.66. The normalized spacial score (nSPS) is 20.4. The molecule has 2 rings (SSSR count). The molecule has 0 unspecified atom stereocenters. The number of likely N-dealkylation sites (tertiary alicyclic amines) is 1. The van der Waals surface area contributed by atoms with Gasteiger partial charge in [0.25, 0.3) is 11.5 Å². The Labute approximate surface area is 145 Å². The van der Waals surface area contributed by atoms with Crippen molar-refractivity contribution in [3.05, 3.63) is 32.6 Å². The van der Waals surface area contributed by atoms with Crippen LogP contribution in [0, 0.1) is 11.8 Å². The lowest BCUT2D eigenvalue weighted by Gasteiger charge is -2.23. The highest BCUT2D eigenvalue weighted by molar-refractivity contribution is 5.93. The third kappa shape index (κ3) is 4.56. The Morgan fingerprint density at radius 3 is 2.72 bits per heavy atom. The number of H-pyrrole nitrogens is 1. The van der Waals surface area contributed by atoms with Gasteiger partial charge in [0, 0.05) is 59.1 Å². The molecule has 0 spiro atoms. The van der Waals surface area contributed by atoms with Crippen molar-refractivity contribution in [2.75, 3.05) is 53.6 Å². The molecule has 0 bridgehead atoms. The molecule has 1 fully saturated rings. The molecule has 0 aromatic carbocycles. The highest BCUT2D eigenvalue weighted by atomic mass is 16.5. The van der Waals surface area contributed by atoms with E-state index in [1.165, 1.54) is 17.8 Å². The highest BCUT2D eigenvalue weighted by Crippen LogP contribution is 2.24. The summed E-state index contributed by atoms with van der Waals surface area (Å²) in [5, 5.41) is 9.64. The van der Waals surface area contributed by atoms with Crippen LogP contribution in [0.2, 0.25) is 0 Å². The van der Waals surface area contributed by atoms with Crippen LogP contribution in [0.1, 0.15) is 10.4 Å². The molecule has 2 atom stereocenters. The van der Waals surface area contributed by atoms with Crippen LogP contribution in [-0.2, 0) is 11.8 Å². The van der Waals surface area contributed by atoms with E-state index in [0.717, 1.165) is 13.1 Å². The summed E-state index contributed by atoms with van der Waals surface area (Å²) in [6, 6.07) is 0. The zero-order valence-electron chi connectivity index (χ0n) is 14.9. The fourth-order valence-electron chi connectivity index (χ4n) is 3.14. The molecule has 1 aliphatic heterocycles. The monoisotopic (exact) mass is 354 g/mol. The molecule has 2 N–H and O–H groups in total. The van der Waals surface area contributed by atoms with Gasteiger partial charge in [-0.25, -0.2) is 4.79 Å². The van der Waals surface area contributed by atoms with E-state index >= 15 is 0 Å². The number of carbonyl (C=O) groups excluding carboxylic acids is 1. The summed E-state index contributed by atoms with van der Waals surface area (Å²) < 4.78 is 6.23. The average molecular weight is 354 g/mol. The molecule has 1 aliphatic rings. The second-order valence-electron chi connectivity index (χ2n) is 6.58. The molecule has 0 aliphatic carbocycles.